The number of sulfonamides is 1. The summed E-state index contributed by atoms with van der Waals surface area (Å²) in [6.07, 6.45) is 0. The van der Waals surface area contributed by atoms with Crippen molar-refractivity contribution in [2.45, 2.75) is 11.4 Å². The van der Waals surface area contributed by atoms with Crippen molar-refractivity contribution in [1.29, 1.82) is 0 Å². The van der Waals surface area contributed by atoms with Gasteiger partial charge in [-0.15, -0.1) is 0 Å². The Labute approximate surface area is 172 Å². The average Bonchev–Trinajstić information content (AvgIpc) is 2.66. The molecule has 4 nitrogen and oxygen atoms in total. The van der Waals surface area contributed by atoms with Crippen LogP contribution in [0.5, 0.6) is 5.75 Å². The van der Waals surface area contributed by atoms with E-state index in [-0.39, 0.29) is 16.5 Å². The predicted octanol–water partition coefficient (Wildman–Crippen LogP) is 5.51. The maximum Gasteiger partial charge on any atom is 0.266 e. The summed E-state index contributed by atoms with van der Waals surface area (Å²) in [6, 6.07) is 20.9. The number of nitrogens with zero attached hydrogens (tertiary/aromatic N) is 1. The SMILES string of the molecule is COc1ccccc1CN(c1cccc(Br)c1)S(=O)(=O)c1ccccc1Cl. The molecule has 3 rings (SSSR count). The van der Waals surface area contributed by atoms with E-state index in [2.05, 4.69) is 15.9 Å². The van der Waals surface area contributed by atoms with Crippen LogP contribution >= 0.6 is 27.5 Å². The Morgan fingerprint density at radius 3 is 2.41 bits per heavy atom. The topological polar surface area (TPSA) is 46.6 Å². The highest BCUT2D eigenvalue weighted by Crippen LogP contribution is 2.32. The zero-order chi connectivity index (χ0) is 19.4. The first-order valence-electron chi connectivity index (χ1n) is 8.08. The number of ether oxygens (including phenoxy) is 1. The van der Waals surface area contributed by atoms with Crippen LogP contribution in [-0.2, 0) is 16.6 Å². The first-order chi connectivity index (χ1) is 12.9. The molecule has 0 spiro atoms. The van der Waals surface area contributed by atoms with Crippen molar-refractivity contribution in [1.82, 2.24) is 0 Å². The molecule has 0 aliphatic rings. The molecule has 0 radical (unpaired) electrons. The molecule has 0 bridgehead atoms. The van der Waals surface area contributed by atoms with Gasteiger partial charge in [0.2, 0.25) is 0 Å². The fourth-order valence-corrected chi connectivity index (χ4v) is 5.03. The Morgan fingerprint density at radius 1 is 1.00 bits per heavy atom. The van der Waals surface area contributed by atoms with Gasteiger partial charge in [0, 0.05) is 10.0 Å². The molecule has 3 aromatic carbocycles. The lowest BCUT2D eigenvalue weighted by Crippen LogP contribution is -2.31. The van der Waals surface area contributed by atoms with E-state index < -0.39 is 10.0 Å². The molecule has 7 heteroatoms. The van der Waals surface area contributed by atoms with Crippen molar-refractivity contribution in [2.75, 3.05) is 11.4 Å². The fraction of sp³-hybridized carbons (Fsp3) is 0.100. The number of para-hydroxylation sites is 1. The zero-order valence-electron chi connectivity index (χ0n) is 14.5. The van der Waals surface area contributed by atoms with Crippen LogP contribution in [0.15, 0.2) is 82.2 Å². The van der Waals surface area contributed by atoms with Gasteiger partial charge in [-0.05, 0) is 36.4 Å². The number of benzene rings is 3. The third-order valence-corrected chi connectivity index (χ3v) is 6.77. The van der Waals surface area contributed by atoms with Crippen molar-refractivity contribution in [2.24, 2.45) is 0 Å². The van der Waals surface area contributed by atoms with Gasteiger partial charge in [-0.25, -0.2) is 8.42 Å². The standard InChI is InChI=1S/C20H17BrClNO3S/c1-26-19-11-4-2-7-15(19)14-23(17-9-6-8-16(21)13-17)27(24,25)20-12-5-3-10-18(20)22/h2-13H,14H2,1H3. The highest BCUT2D eigenvalue weighted by Gasteiger charge is 2.28. The summed E-state index contributed by atoms with van der Waals surface area (Å²) in [4.78, 5) is 0.0570. The van der Waals surface area contributed by atoms with E-state index >= 15 is 0 Å². The molecule has 0 amide bonds. The van der Waals surface area contributed by atoms with E-state index in [0.717, 1.165) is 10.0 Å². The van der Waals surface area contributed by atoms with Crippen LogP contribution in [0.1, 0.15) is 5.56 Å². The third-order valence-electron chi connectivity index (χ3n) is 4.01. The van der Waals surface area contributed by atoms with Crippen LogP contribution < -0.4 is 9.04 Å². The molecule has 3 aromatic rings. The summed E-state index contributed by atoms with van der Waals surface area (Å²) in [6.45, 7) is 0.105. The molecule has 0 aromatic heterocycles. The smallest absolute Gasteiger partial charge is 0.266 e. The number of hydrogen-bond acceptors (Lipinski definition) is 3. The molecule has 0 unspecified atom stereocenters. The van der Waals surface area contributed by atoms with E-state index in [1.54, 1.807) is 49.6 Å². The Morgan fingerprint density at radius 2 is 1.70 bits per heavy atom. The van der Waals surface area contributed by atoms with Gasteiger partial charge >= 0.3 is 0 Å². The van der Waals surface area contributed by atoms with E-state index in [0.29, 0.717) is 11.4 Å². The largest absolute Gasteiger partial charge is 0.496 e. The number of anilines is 1. The van der Waals surface area contributed by atoms with Crippen LogP contribution in [-0.4, -0.2) is 15.5 Å². The normalized spacial score (nSPS) is 11.2. The van der Waals surface area contributed by atoms with Crippen LogP contribution in [0.4, 0.5) is 5.69 Å². The molecule has 0 aliphatic carbocycles. The Kier molecular flexibility index (Phi) is 6.09. The second-order valence-corrected chi connectivity index (χ2v) is 8.89. The van der Waals surface area contributed by atoms with Gasteiger partial charge in [-0.2, -0.15) is 0 Å². The predicted molar refractivity (Wildman–Crippen MR) is 112 cm³/mol. The summed E-state index contributed by atoms with van der Waals surface area (Å²) in [5.41, 5.74) is 1.27. The maximum atomic E-state index is 13.5. The van der Waals surface area contributed by atoms with Crippen molar-refractivity contribution < 1.29 is 13.2 Å². The fourth-order valence-electron chi connectivity index (χ4n) is 2.71. The first kappa shape index (κ1) is 19.7. The molecular formula is C20H17BrClNO3S. The summed E-state index contributed by atoms with van der Waals surface area (Å²) >= 11 is 9.60. The van der Waals surface area contributed by atoms with Gasteiger partial charge in [0.1, 0.15) is 10.6 Å². The minimum atomic E-state index is -3.90. The summed E-state index contributed by atoms with van der Waals surface area (Å²) in [5, 5.41) is 0.178. The molecule has 0 saturated heterocycles. The highest BCUT2D eigenvalue weighted by molar-refractivity contribution is 9.10. The van der Waals surface area contributed by atoms with Gasteiger partial charge in [-0.3, -0.25) is 4.31 Å². The number of methoxy groups -OCH3 is 1. The molecule has 0 saturated carbocycles. The highest BCUT2D eigenvalue weighted by atomic mass is 79.9. The van der Waals surface area contributed by atoms with Crippen LogP contribution in [0.2, 0.25) is 5.02 Å². The van der Waals surface area contributed by atoms with Gasteiger partial charge < -0.3 is 4.74 Å². The lowest BCUT2D eigenvalue weighted by atomic mass is 10.2. The zero-order valence-corrected chi connectivity index (χ0v) is 17.6. The average molecular weight is 467 g/mol. The van der Waals surface area contributed by atoms with E-state index in [1.165, 1.54) is 10.4 Å². The van der Waals surface area contributed by atoms with Crippen LogP contribution in [0.3, 0.4) is 0 Å². The van der Waals surface area contributed by atoms with E-state index in [1.807, 2.05) is 24.3 Å². The van der Waals surface area contributed by atoms with Crippen molar-refractivity contribution in [3.63, 3.8) is 0 Å². The van der Waals surface area contributed by atoms with E-state index in [9.17, 15) is 8.42 Å². The molecule has 27 heavy (non-hydrogen) atoms. The van der Waals surface area contributed by atoms with Gasteiger partial charge in [0.25, 0.3) is 10.0 Å². The molecule has 0 N–H and O–H groups in total. The van der Waals surface area contributed by atoms with Crippen molar-refractivity contribution in [3.05, 3.63) is 87.9 Å². The lowest BCUT2D eigenvalue weighted by molar-refractivity contribution is 0.410. The van der Waals surface area contributed by atoms with Crippen molar-refractivity contribution in [3.8, 4) is 5.75 Å². The van der Waals surface area contributed by atoms with E-state index in [4.69, 9.17) is 16.3 Å². The van der Waals surface area contributed by atoms with Gasteiger partial charge in [0.05, 0.1) is 24.4 Å². The number of rotatable bonds is 6. The minimum absolute atomic E-state index is 0.0570. The monoisotopic (exact) mass is 465 g/mol. The quantitative estimate of drug-likeness (QED) is 0.481. The number of hydrogen-bond donors (Lipinski definition) is 0. The Balaban J connectivity index is 2.15. The molecule has 0 aliphatic heterocycles. The van der Waals surface area contributed by atoms with Gasteiger partial charge in [-0.1, -0.05) is 63.9 Å². The first-order valence-corrected chi connectivity index (χ1v) is 10.7. The van der Waals surface area contributed by atoms with Crippen molar-refractivity contribution >= 4 is 43.2 Å². The summed E-state index contributed by atoms with van der Waals surface area (Å²) < 4.78 is 34.4. The Hall–Kier alpha value is -2.02. The maximum absolute atomic E-state index is 13.5. The molecule has 0 atom stereocenters. The van der Waals surface area contributed by atoms with Crippen LogP contribution in [0.25, 0.3) is 0 Å². The summed E-state index contributed by atoms with van der Waals surface area (Å²) in [7, 11) is -2.34. The third kappa shape index (κ3) is 4.29. The molecule has 0 heterocycles. The number of halogens is 2. The minimum Gasteiger partial charge on any atom is -0.496 e. The Bertz CT molecular complexity index is 1060. The molecule has 140 valence electrons. The molecule has 0 fully saturated rings. The molecular weight excluding hydrogens is 450 g/mol. The second kappa shape index (κ2) is 8.33. The van der Waals surface area contributed by atoms with Crippen LogP contribution in [0, 0.1) is 0 Å². The van der Waals surface area contributed by atoms with Gasteiger partial charge in [0.15, 0.2) is 0 Å². The second-order valence-electron chi connectivity index (χ2n) is 5.73. The lowest BCUT2D eigenvalue weighted by Gasteiger charge is -2.26. The summed E-state index contributed by atoms with van der Waals surface area (Å²) in [5.74, 6) is 0.617.